The molecule has 6 heteroatoms. The third kappa shape index (κ3) is 3.37. The van der Waals surface area contributed by atoms with Crippen LogP contribution in [0.5, 0.6) is 0 Å². The molecule has 0 radical (unpaired) electrons. The van der Waals surface area contributed by atoms with Gasteiger partial charge < -0.3 is 9.67 Å². The van der Waals surface area contributed by atoms with Crippen molar-refractivity contribution in [3.8, 4) is 0 Å². The van der Waals surface area contributed by atoms with Crippen LogP contribution >= 0.6 is 0 Å². The molecule has 6 nitrogen and oxygen atoms in total. The molecule has 0 bridgehead atoms. The van der Waals surface area contributed by atoms with Gasteiger partial charge in [-0.15, -0.1) is 0 Å². The van der Waals surface area contributed by atoms with Crippen molar-refractivity contribution in [1.29, 1.82) is 0 Å². The predicted molar refractivity (Wildman–Crippen MR) is 76.6 cm³/mol. The predicted octanol–water partition coefficient (Wildman–Crippen LogP) is 1.05. The van der Waals surface area contributed by atoms with Crippen LogP contribution in [0.3, 0.4) is 0 Å². The van der Waals surface area contributed by atoms with Crippen LogP contribution in [-0.2, 0) is 11.3 Å². The van der Waals surface area contributed by atoms with Crippen molar-refractivity contribution in [3.05, 3.63) is 18.2 Å². The zero-order valence-corrected chi connectivity index (χ0v) is 12.5. The Bertz CT molecular complexity index is 450. The second kappa shape index (κ2) is 6.37. The van der Waals surface area contributed by atoms with Gasteiger partial charge in [0.15, 0.2) is 0 Å². The van der Waals surface area contributed by atoms with Crippen LogP contribution in [0.15, 0.2) is 12.5 Å². The van der Waals surface area contributed by atoms with E-state index >= 15 is 0 Å². The van der Waals surface area contributed by atoms with E-state index in [2.05, 4.69) is 28.3 Å². The first-order valence-corrected chi connectivity index (χ1v) is 7.19. The molecule has 112 valence electrons. The molecule has 2 rings (SSSR count). The van der Waals surface area contributed by atoms with Crippen molar-refractivity contribution in [1.82, 2.24) is 19.4 Å². The molecule has 1 aliphatic rings. The molecule has 1 unspecified atom stereocenters. The molecule has 1 atom stereocenters. The van der Waals surface area contributed by atoms with Crippen LogP contribution in [0, 0.1) is 0 Å². The quantitative estimate of drug-likeness (QED) is 0.873. The molecular formula is C14H24N4O2. The van der Waals surface area contributed by atoms with Crippen LogP contribution in [0.4, 0.5) is 0 Å². The SMILES string of the molecule is CC(C(=O)O)N1CCN(Cc2cncn2C(C)C)CC1. The summed E-state index contributed by atoms with van der Waals surface area (Å²) in [4.78, 5) is 19.6. The van der Waals surface area contributed by atoms with E-state index < -0.39 is 12.0 Å². The number of hydrogen-bond donors (Lipinski definition) is 1. The molecule has 2 heterocycles. The van der Waals surface area contributed by atoms with Crippen LogP contribution in [-0.4, -0.2) is 62.6 Å². The Morgan fingerprint density at radius 3 is 2.50 bits per heavy atom. The average Bonchev–Trinajstić information content (AvgIpc) is 2.87. The summed E-state index contributed by atoms with van der Waals surface area (Å²) in [5.41, 5.74) is 1.22. The molecule has 20 heavy (non-hydrogen) atoms. The van der Waals surface area contributed by atoms with E-state index in [0.29, 0.717) is 6.04 Å². The summed E-state index contributed by atoms with van der Waals surface area (Å²) in [6, 6.07) is 0.0270. The second-order valence-corrected chi connectivity index (χ2v) is 5.71. The topological polar surface area (TPSA) is 61.6 Å². The van der Waals surface area contributed by atoms with Crippen molar-refractivity contribution in [2.45, 2.75) is 39.4 Å². The Hall–Kier alpha value is -1.40. The van der Waals surface area contributed by atoms with Gasteiger partial charge in [0.25, 0.3) is 0 Å². The number of hydrogen-bond acceptors (Lipinski definition) is 4. The number of imidazole rings is 1. The summed E-state index contributed by atoms with van der Waals surface area (Å²) in [7, 11) is 0. The van der Waals surface area contributed by atoms with Crippen molar-refractivity contribution in [2.24, 2.45) is 0 Å². The standard InChI is InChI=1S/C14H24N4O2/c1-11(2)18-10-15-8-13(18)9-16-4-6-17(7-5-16)12(3)14(19)20/h8,10-12H,4-7,9H2,1-3H3,(H,19,20). The van der Waals surface area contributed by atoms with Crippen LogP contribution in [0.2, 0.25) is 0 Å². The van der Waals surface area contributed by atoms with Crippen molar-refractivity contribution < 1.29 is 9.90 Å². The van der Waals surface area contributed by atoms with Gasteiger partial charge in [-0.1, -0.05) is 0 Å². The summed E-state index contributed by atoms with van der Waals surface area (Å²) < 4.78 is 2.19. The summed E-state index contributed by atoms with van der Waals surface area (Å²) in [6.45, 7) is 10.4. The molecule has 0 aliphatic carbocycles. The monoisotopic (exact) mass is 280 g/mol. The van der Waals surface area contributed by atoms with E-state index in [9.17, 15) is 4.79 Å². The molecular weight excluding hydrogens is 256 g/mol. The maximum atomic E-state index is 11.0. The molecule has 0 spiro atoms. The van der Waals surface area contributed by atoms with Crippen molar-refractivity contribution in [3.63, 3.8) is 0 Å². The lowest BCUT2D eigenvalue weighted by Crippen LogP contribution is -2.51. The van der Waals surface area contributed by atoms with Crippen molar-refractivity contribution >= 4 is 5.97 Å². The van der Waals surface area contributed by atoms with Gasteiger partial charge in [0.1, 0.15) is 6.04 Å². The van der Waals surface area contributed by atoms with E-state index in [1.54, 1.807) is 6.92 Å². The van der Waals surface area contributed by atoms with Crippen molar-refractivity contribution in [2.75, 3.05) is 26.2 Å². The lowest BCUT2D eigenvalue weighted by atomic mass is 10.2. The van der Waals surface area contributed by atoms with Gasteiger partial charge in [-0.25, -0.2) is 4.98 Å². The highest BCUT2D eigenvalue weighted by Gasteiger charge is 2.25. The van der Waals surface area contributed by atoms with E-state index in [1.807, 2.05) is 17.4 Å². The summed E-state index contributed by atoms with van der Waals surface area (Å²) >= 11 is 0. The minimum Gasteiger partial charge on any atom is -0.480 e. The Morgan fingerprint density at radius 1 is 1.30 bits per heavy atom. The largest absolute Gasteiger partial charge is 0.480 e. The van der Waals surface area contributed by atoms with Gasteiger partial charge in [-0.2, -0.15) is 0 Å². The molecule has 0 saturated carbocycles. The summed E-state index contributed by atoms with van der Waals surface area (Å²) in [5.74, 6) is -0.740. The summed E-state index contributed by atoms with van der Waals surface area (Å²) in [6.07, 6.45) is 3.80. The molecule has 1 fully saturated rings. The number of nitrogens with zero attached hydrogens (tertiary/aromatic N) is 4. The zero-order valence-electron chi connectivity index (χ0n) is 12.5. The highest BCUT2D eigenvalue weighted by Crippen LogP contribution is 2.14. The number of aromatic nitrogens is 2. The molecule has 0 amide bonds. The fourth-order valence-electron chi connectivity index (χ4n) is 2.61. The fourth-order valence-corrected chi connectivity index (χ4v) is 2.61. The van der Waals surface area contributed by atoms with Gasteiger partial charge in [0, 0.05) is 45.0 Å². The first-order chi connectivity index (χ1) is 9.49. The third-order valence-electron chi connectivity index (χ3n) is 4.00. The van der Waals surface area contributed by atoms with Gasteiger partial charge in [-0.3, -0.25) is 14.6 Å². The lowest BCUT2D eigenvalue weighted by molar-refractivity contribution is -0.143. The van der Waals surface area contributed by atoms with E-state index in [0.717, 1.165) is 32.7 Å². The summed E-state index contributed by atoms with van der Waals surface area (Å²) in [5, 5.41) is 9.04. The van der Waals surface area contributed by atoms with Gasteiger partial charge in [0.2, 0.25) is 0 Å². The Labute approximate surface area is 120 Å². The normalized spacial score (nSPS) is 19.4. The van der Waals surface area contributed by atoms with Crippen LogP contribution in [0.1, 0.15) is 32.5 Å². The molecule has 1 aromatic rings. The first-order valence-electron chi connectivity index (χ1n) is 7.19. The molecule has 1 N–H and O–H groups in total. The van der Waals surface area contributed by atoms with E-state index in [1.165, 1.54) is 5.69 Å². The Balaban J connectivity index is 1.88. The van der Waals surface area contributed by atoms with Crippen LogP contribution in [0.25, 0.3) is 0 Å². The fraction of sp³-hybridized carbons (Fsp3) is 0.714. The number of carbonyl (C=O) groups is 1. The van der Waals surface area contributed by atoms with Gasteiger partial charge >= 0.3 is 5.97 Å². The lowest BCUT2D eigenvalue weighted by Gasteiger charge is -2.36. The number of aliphatic carboxylic acids is 1. The molecule has 1 aromatic heterocycles. The zero-order chi connectivity index (χ0) is 14.7. The first kappa shape index (κ1) is 15.0. The maximum Gasteiger partial charge on any atom is 0.320 e. The number of carboxylic acid groups (broad SMARTS) is 1. The van der Waals surface area contributed by atoms with Gasteiger partial charge in [-0.05, 0) is 20.8 Å². The number of piperazine rings is 1. The molecule has 1 saturated heterocycles. The number of rotatable bonds is 5. The Kier molecular flexibility index (Phi) is 4.77. The molecule has 1 aliphatic heterocycles. The van der Waals surface area contributed by atoms with Gasteiger partial charge in [0.05, 0.1) is 12.0 Å². The smallest absolute Gasteiger partial charge is 0.320 e. The van der Waals surface area contributed by atoms with Crippen LogP contribution < -0.4 is 0 Å². The Morgan fingerprint density at radius 2 is 1.95 bits per heavy atom. The maximum absolute atomic E-state index is 11.0. The minimum absolute atomic E-state index is 0.390. The average molecular weight is 280 g/mol. The van der Waals surface area contributed by atoms with E-state index in [-0.39, 0.29) is 0 Å². The highest BCUT2D eigenvalue weighted by molar-refractivity contribution is 5.72. The third-order valence-corrected chi connectivity index (χ3v) is 4.00. The van der Waals surface area contributed by atoms with E-state index in [4.69, 9.17) is 5.11 Å². The highest BCUT2D eigenvalue weighted by atomic mass is 16.4. The molecule has 0 aromatic carbocycles. The second-order valence-electron chi connectivity index (χ2n) is 5.71. The minimum atomic E-state index is -0.740. The number of carboxylic acids is 1.